The molecule has 0 aromatic carbocycles. The van der Waals surface area contributed by atoms with Crippen LogP contribution in [0, 0.1) is 13.8 Å². The van der Waals surface area contributed by atoms with E-state index in [1.54, 1.807) is 12.1 Å². The number of carbonyl (C=O) groups excluding carboxylic acids is 1. The maximum absolute atomic E-state index is 12.5. The smallest absolute Gasteiger partial charge is 0.261 e. The third-order valence-electron chi connectivity index (χ3n) is 6.64. The zero-order valence-electron chi connectivity index (χ0n) is 19.3. The number of pyridine rings is 1. The SMILES string of the molecule is Cc1nn(C)c(C)c1C(C)N(C)Cc1ccc(C(=O)NCC2(O)CCCCC2)c(=O)[nH]1. The van der Waals surface area contributed by atoms with Gasteiger partial charge in [-0.2, -0.15) is 5.10 Å². The average molecular weight is 430 g/mol. The van der Waals surface area contributed by atoms with Crippen molar-refractivity contribution in [1.82, 2.24) is 25.0 Å². The molecule has 3 N–H and O–H groups in total. The van der Waals surface area contributed by atoms with Gasteiger partial charge in [-0.25, -0.2) is 0 Å². The lowest BCUT2D eigenvalue weighted by atomic mass is 9.85. The van der Waals surface area contributed by atoms with Gasteiger partial charge in [0.25, 0.3) is 11.5 Å². The first-order valence-corrected chi connectivity index (χ1v) is 11.0. The summed E-state index contributed by atoms with van der Waals surface area (Å²) in [5, 5.41) is 17.8. The van der Waals surface area contributed by atoms with Crippen LogP contribution in [-0.2, 0) is 13.6 Å². The fourth-order valence-electron chi connectivity index (χ4n) is 4.53. The van der Waals surface area contributed by atoms with Crippen molar-refractivity contribution in [2.45, 2.75) is 71.1 Å². The monoisotopic (exact) mass is 429 g/mol. The summed E-state index contributed by atoms with van der Waals surface area (Å²) in [6.45, 7) is 6.89. The Labute approximate surface area is 183 Å². The Morgan fingerprint density at radius 1 is 1.32 bits per heavy atom. The second-order valence-electron chi connectivity index (χ2n) is 8.99. The number of hydrogen-bond donors (Lipinski definition) is 3. The Kier molecular flexibility index (Phi) is 7.01. The lowest BCUT2D eigenvalue weighted by molar-refractivity contribution is 0.00524. The minimum atomic E-state index is -0.859. The van der Waals surface area contributed by atoms with E-state index in [-0.39, 0.29) is 18.2 Å². The summed E-state index contributed by atoms with van der Waals surface area (Å²) < 4.78 is 1.88. The Hall–Kier alpha value is -2.45. The van der Waals surface area contributed by atoms with Crippen molar-refractivity contribution < 1.29 is 9.90 Å². The van der Waals surface area contributed by atoms with Gasteiger partial charge < -0.3 is 15.4 Å². The van der Waals surface area contributed by atoms with E-state index >= 15 is 0 Å². The van der Waals surface area contributed by atoms with Gasteiger partial charge in [0.15, 0.2) is 0 Å². The number of nitrogens with zero attached hydrogens (tertiary/aromatic N) is 3. The molecule has 8 heteroatoms. The highest BCUT2D eigenvalue weighted by Crippen LogP contribution is 2.27. The van der Waals surface area contributed by atoms with Crippen LogP contribution in [0.4, 0.5) is 0 Å². The van der Waals surface area contributed by atoms with Crippen LogP contribution in [0.15, 0.2) is 16.9 Å². The quantitative estimate of drug-likeness (QED) is 0.627. The van der Waals surface area contributed by atoms with Crippen molar-refractivity contribution in [2.75, 3.05) is 13.6 Å². The summed E-state index contributed by atoms with van der Waals surface area (Å²) in [6.07, 6.45) is 4.41. The molecule has 1 unspecified atom stereocenters. The predicted octanol–water partition coefficient (Wildman–Crippen LogP) is 2.34. The second kappa shape index (κ2) is 9.36. The normalized spacial score (nSPS) is 17.0. The summed E-state index contributed by atoms with van der Waals surface area (Å²) in [7, 11) is 3.94. The zero-order valence-corrected chi connectivity index (χ0v) is 19.3. The van der Waals surface area contributed by atoms with Crippen molar-refractivity contribution in [3.63, 3.8) is 0 Å². The molecule has 0 spiro atoms. The highest BCUT2D eigenvalue weighted by molar-refractivity contribution is 5.93. The van der Waals surface area contributed by atoms with Crippen molar-refractivity contribution in [2.24, 2.45) is 7.05 Å². The van der Waals surface area contributed by atoms with Gasteiger partial charge in [0.05, 0.1) is 11.3 Å². The summed E-state index contributed by atoms with van der Waals surface area (Å²) in [5.41, 5.74) is 2.84. The molecule has 3 rings (SSSR count). The molecule has 1 atom stereocenters. The Balaban J connectivity index is 1.64. The van der Waals surface area contributed by atoms with E-state index < -0.39 is 17.1 Å². The minimum Gasteiger partial charge on any atom is -0.388 e. The largest absolute Gasteiger partial charge is 0.388 e. The van der Waals surface area contributed by atoms with Crippen LogP contribution in [0.3, 0.4) is 0 Å². The van der Waals surface area contributed by atoms with Gasteiger partial charge in [-0.3, -0.25) is 19.2 Å². The highest BCUT2D eigenvalue weighted by Gasteiger charge is 2.30. The van der Waals surface area contributed by atoms with Crippen molar-refractivity contribution in [3.05, 3.63) is 50.7 Å². The molecule has 1 aliphatic carbocycles. The van der Waals surface area contributed by atoms with Crippen LogP contribution in [0.25, 0.3) is 0 Å². The first-order chi connectivity index (χ1) is 14.6. The Morgan fingerprint density at radius 3 is 2.58 bits per heavy atom. The van der Waals surface area contributed by atoms with Gasteiger partial charge in [-0.1, -0.05) is 19.3 Å². The number of hydrogen-bond acceptors (Lipinski definition) is 5. The van der Waals surface area contributed by atoms with E-state index in [0.717, 1.165) is 36.3 Å². The minimum absolute atomic E-state index is 0.0674. The molecular weight excluding hydrogens is 394 g/mol. The molecule has 0 aliphatic heterocycles. The molecular formula is C23H35N5O3. The van der Waals surface area contributed by atoms with E-state index in [9.17, 15) is 14.7 Å². The number of aliphatic hydroxyl groups is 1. The fraction of sp³-hybridized carbons (Fsp3) is 0.609. The number of amides is 1. The molecule has 1 amide bonds. The van der Waals surface area contributed by atoms with Gasteiger partial charge in [0.1, 0.15) is 5.56 Å². The van der Waals surface area contributed by atoms with Crippen molar-refractivity contribution in [3.8, 4) is 0 Å². The van der Waals surface area contributed by atoms with Crippen LogP contribution in [0.5, 0.6) is 0 Å². The second-order valence-corrected chi connectivity index (χ2v) is 8.99. The first-order valence-electron chi connectivity index (χ1n) is 11.0. The topological polar surface area (TPSA) is 103 Å². The summed E-state index contributed by atoms with van der Waals surface area (Å²) >= 11 is 0. The average Bonchev–Trinajstić information content (AvgIpc) is 2.98. The third kappa shape index (κ3) is 5.25. The molecule has 2 aromatic rings. The molecule has 1 fully saturated rings. The molecule has 2 aromatic heterocycles. The molecule has 170 valence electrons. The van der Waals surface area contributed by atoms with Crippen LogP contribution in [0.2, 0.25) is 0 Å². The van der Waals surface area contributed by atoms with E-state index in [2.05, 4.69) is 34.1 Å². The van der Waals surface area contributed by atoms with Gasteiger partial charge in [0.2, 0.25) is 0 Å². The van der Waals surface area contributed by atoms with Crippen LogP contribution in [0.1, 0.15) is 78.1 Å². The molecule has 2 heterocycles. The summed E-state index contributed by atoms with van der Waals surface area (Å²) in [5.74, 6) is -0.449. The molecule has 31 heavy (non-hydrogen) atoms. The van der Waals surface area contributed by atoms with Crippen LogP contribution in [-0.4, -0.2) is 49.9 Å². The van der Waals surface area contributed by atoms with Crippen LogP contribution >= 0.6 is 0 Å². The van der Waals surface area contributed by atoms with Crippen LogP contribution < -0.4 is 10.9 Å². The summed E-state index contributed by atoms with van der Waals surface area (Å²) in [4.78, 5) is 30.0. The molecule has 0 bridgehead atoms. The van der Waals surface area contributed by atoms with Crippen molar-refractivity contribution >= 4 is 5.91 Å². The standard InChI is InChI=1S/C23H35N5O3/c1-15-20(17(3)28(5)26-15)16(2)27(4)13-18-9-10-19(22(30)25-18)21(29)24-14-23(31)11-7-6-8-12-23/h9-10,16,31H,6-8,11-14H2,1-5H3,(H,24,29)(H,25,30). The first kappa shape index (κ1) is 23.2. The number of H-pyrrole nitrogens is 1. The van der Waals surface area contributed by atoms with Crippen molar-refractivity contribution in [1.29, 1.82) is 0 Å². The number of aromatic nitrogens is 3. The van der Waals surface area contributed by atoms with E-state index in [1.807, 2.05) is 25.7 Å². The lowest BCUT2D eigenvalue weighted by Gasteiger charge is -2.32. The molecule has 0 saturated heterocycles. The lowest BCUT2D eigenvalue weighted by Crippen LogP contribution is -2.45. The van der Waals surface area contributed by atoms with Gasteiger partial charge >= 0.3 is 0 Å². The number of aryl methyl sites for hydroxylation is 2. The van der Waals surface area contributed by atoms with E-state index in [0.29, 0.717) is 19.4 Å². The maximum Gasteiger partial charge on any atom is 0.261 e. The summed E-state index contributed by atoms with van der Waals surface area (Å²) in [6, 6.07) is 3.46. The predicted molar refractivity (Wildman–Crippen MR) is 120 cm³/mol. The van der Waals surface area contributed by atoms with Gasteiger partial charge in [-0.05, 0) is 52.8 Å². The maximum atomic E-state index is 12.5. The Bertz CT molecular complexity index is 988. The molecule has 0 radical (unpaired) electrons. The Morgan fingerprint density at radius 2 is 2.00 bits per heavy atom. The fourth-order valence-corrected chi connectivity index (χ4v) is 4.53. The zero-order chi connectivity index (χ0) is 22.8. The van der Waals surface area contributed by atoms with E-state index in [1.165, 1.54) is 5.56 Å². The molecule has 1 saturated carbocycles. The number of nitrogens with one attached hydrogen (secondary N) is 2. The third-order valence-corrected chi connectivity index (χ3v) is 6.64. The van der Waals surface area contributed by atoms with Gasteiger partial charge in [0, 0.05) is 43.1 Å². The van der Waals surface area contributed by atoms with Gasteiger partial charge in [-0.15, -0.1) is 0 Å². The number of aromatic amines is 1. The highest BCUT2D eigenvalue weighted by atomic mass is 16.3. The number of rotatable bonds is 7. The van der Waals surface area contributed by atoms with E-state index in [4.69, 9.17) is 0 Å². The number of carbonyl (C=O) groups is 1. The molecule has 8 nitrogen and oxygen atoms in total. The molecule has 1 aliphatic rings.